The molecule has 2 bridgehead atoms. The van der Waals surface area contributed by atoms with Crippen LogP contribution in [-0.2, 0) is 0 Å². The number of benzene rings is 1. The quantitative estimate of drug-likeness (QED) is 0.863. The van der Waals surface area contributed by atoms with E-state index in [4.69, 9.17) is 20.9 Å². The van der Waals surface area contributed by atoms with Gasteiger partial charge in [-0.3, -0.25) is 4.90 Å². The highest BCUT2D eigenvalue weighted by atomic mass is 35.5. The molecule has 0 spiro atoms. The average Bonchev–Trinajstić information content (AvgIpc) is 2.97. The molecule has 1 N–H and O–H groups in total. The van der Waals surface area contributed by atoms with Crippen molar-refractivity contribution in [1.82, 2.24) is 10.1 Å². The van der Waals surface area contributed by atoms with E-state index >= 15 is 0 Å². The predicted octanol–water partition coefficient (Wildman–Crippen LogP) is 4.55. The molecule has 3 fully saturated rings. The zero-order chi connectivity index (χ0) is 17.8. The first-order valence-electron chi connectivity index (χ1n) is 9.14. The fourth-order valence-corrected chi connectivity index (χ4v) is 4.62. The highest BCUT2D eigenvalue weighted by Gasteiger charge is 2.47. The van der Waals surface area contributed by atoms with Crippen molar-refractivity contribution in [1.29, 1.82) is 0 Å². The Labute approximate surface area is 153 Å². The van der Waals surface area contributed by atoms with Crippen LogP contribution < -0.4 is 10.1 Å². The van der Waals surface area contributed by atoms with Crippen molar-refractivity contribution in [2.24, 2.45) is 5.92 Å². The summed E-state index contributed by atoms with van der Waals surface area (Å²) in [6.45, 7) is 11.0. The number of piperidine rings is 3. The highest BCUT2D eigenvalue weighted by Crippen LogP contribution is 2.42. The molecule has 136 valence electrons. The summed E-state index contributed by atoms with van der Waals surface area (Å²) >= 11 is 6.31. The Kier molecular flexibility index (Phi) is 4.12. The van der Waals surface area contributed by atoms with Crippen LogP contribution in [0.4, 0.5) is 5.82 Å². The summed E-state index contributed by atoms with van der Waals surface area (Å²) in [6, 6.07) is 4.16. The molecule has 4 heterocycles. The number of anilines is 1. The van der Waals surface area contributed by atoms with Crippen LogP contribution in [0.1, 0.15) is 40.5 Å². The van der Waals surface area contributed by atoms with Crippen LogP contribution in [0, 0.1) is 5.92 Å². The zero-order valence-corrected chi connectivity index (χ0v) is 16.1. The second kappa shape index (κ2) is 6.06. The lowest BCUT2D eigenvalue weighted by atomic mass is 9.72. The number of fused-ring (bicyclic) bond motifs is 4. The minimum Gasteiger partial charge on any atom is -0.485 e. The van der Waals surface area contributed by atoms with Gasteiger partial charge in [0.25, 0.3) is 0 Å². The van der Waals surface area contributed by atoms with Gasteiger partial charge < -0.3 is 14.6 Å². The van der Waals surface area contributed by atoms with Gasteiger partial charge in [0, 0.05) is 11.6 Å². The van der Waals surface area contributed by atoms with E-state index in [-0.39, 0.29) is 11.6 Å². The Morgan fingerprint density at radius 1 is 1.32 bits per heavy atom. The second-order valence-corrected chi connectivity index (χ2v) is 8.46. The number of rotatable bonds is 4. The number of hydrogen-bond acceptors (Lipinski definition) is 5. The smallest absolute Gasteiger partial charge is 0.212 e. The molecule has 3 aliphatic rings. The molecule has 1 atom stereocenters. The van der Waals surface area contributed by atoms with Gasteiger partial charge in [0.2, 0.25) is 5.58 Å². The van der Waals surface area contributed by atoms with Gasteiger partial charge in [0.05, 0.1) is 16.5 Å². The Morgan fingerprint density at radius 3 is 2.68 bits per heavy atom. The summed E-state index contributed by atoms with van der Waals surface area (Å²) < 4.78 is 11.5. The van der Waals surface area contributed by atoms with E-state index in [0.29, 0.717) is 28.3 Å². The molecule has 3 saturated heterocycles. The molecule has 0 radical (unpaired) electrons. The van der Waals surface area contributed by atoms with Crippen molar-refractivity contribution < 1.29 is 9.26 Å². The molecule has 0 unspecified atom stereocenters. The van der Waals surface area contributed by atoms with Crippen molar-refractivity contribution in [3.63, 3.8) is 0 Å². The largest absolute Gasteiger partial charge is 0.485 e. The second-order valence-electron chi connectivity index (χ2n) is 8.05. The Bertz CT molecular complexity index is 778. The van der Waals surface area contributed by atoms with Gasteiger partial charge in [-0.05, 0) is 71.7 Å². The molecular formula is C19H26ClN3O2. The van der Waals surface area contributed by atoms with E-state index in [0.717, 1.165) is 11.2 Å². The van der Waals surface area contributed by atoms with E-state index < -0.39 is 0 Å². The van der Waals surface area contributed by atoms with Gasteiger partial charge >= 0.3 is 0 Å². The number of hydrogen-bond donors (Lipinski definition) is 1. The third-order valence-corrected chi connectivity index (χ3v) is 6.08. The summed E-state index contributed by atoms with van der Waals surface area (Å²) in [4.78, 5) is 2.58. The van der Waals surface area contributed by atoms with Gasteiger partial charge in [0.1, 0.15) is 0 Å². The molecule has 0 aliphatic carbocycles. The summed E-state index contributed by atoms with van der Waals surface area (Å²) in [5.41, 5.74) is 0.721. The van der Waals surface area contributed by atoms with Crippen molar-refractivity contribution in [3.8, 4) is 5.75 Å². The predicted molar refractivity (Wildman–Crippen MR) is 101 cm³/mol. The lowest BCUT2D eigenvalue weighted by molar-refractivity contribution is -0.0189. The molecule has 1 aromatic heterocycles. The van der Waals surface area contributed by atoms with Crippen LogP contribution in [0.2, 0.25) is 5.02 Å². The van der Waals surface area contributed by atoms with Gasteiger partial charge in [-0.15, -0.1) is 0 Å². The van der Waals surface area contributed by atoms with E-state index in [1.165, 1.54) is 25.9 Å². The first-order chi connectivity index (χ1) is 11.9. The third-order valence-electron chi connectivity index (χ3n) is 5.78. The molecule has 1 aromatic carbocycles. The molecule has 2 aromatic rings. The summed E-state index contributed by atoms with van der Waals surface area (Å²) in [5.74, 6) is 2.03. The first kappa shape index (κ1) is 17.0. The van der Waals surface area contributed by atoms with Crippen molar-refractivity contribution in [2.45, 2.75) is 58.2 Å². The maximum Gasteiger partial charge on any atom is 0.212 e. The first-order valence-corrected chi connectivity index (χ1v) is 9.52. The Hall–Kier alpha value is -1.46. The molecule has 0 saturated carbocycles. The maximum atomic E-state index is 6.31. The molecule has 5 nitrogen and oxygen atoms in total. The van der Waals surface area contributed by atoms with Gasteiger partial charge in [-0.25, -0.2) is 0 Å². The number of aromatic nitrogens is 1. The molecule has 3 aliphatic heterocycles. The lowest BCUT2D eigenvalue weighted by Crippen LogP contribution is -2.66. The van der Waals surface area contributed by atoms with Gasteiger partial charge in [-0.2, -0.15) is 0 Å². The lowest BCUT2D eigenvalue weighted by Gasteiger charge is -2.56. The summed E-state index contributed by atoms with van der Waals surface area (Å²) in [5, 5.41) is 9.46. The van der Waals surface area contributed by atoms with Crippen molar-refractivity contribution in [3.05, 3.63) is 17.2 Å². The topological polar surface area (TPSA) is 50.5 Å². The third kappa shape index (κ3) is 2.77. The van der Waals surface area contributed by atoms with Crippen LogP contribution >= 0.6 is 11.6 Å². The van der Waals surface area contributed by atoms with Crippen LogP contribution in [0.5, 0.6) is 5.75 Å². The van der Waals surface area contributed by atoms with Gasteiger partial charge in [-0.1, -0.05) is 16.8 Å². The maximum absolute atomic E-state index is 6.31. The Morgan fingerprint density at radius 2 is 2.04 bits per heavy atom. The molecule has 5 rings (SSSR count). The summed E-state index contributed by atoms with van der Waals surface area (Å²) in [7, 11) is 0. The monoisotopic (exact) mass is 363 g/mol. The summed E-state index contributed by atoms with van der Waals surface area (Å²) in [6.07, 6.45) is 2.50. The van der Waals surface area contributed by atoms with Crippen molar-refractivity contribution in [2.75, 3.05) is 18.4 Å². The normalized spacial score (nSPS) is 27.8. The number of ether oxygens (including phenoxy) is 1. The number of halogens is 1. The zero-order valence-electron chi connectivity index (χ0n) is 15.3. The van der Waals surface area contributed by atoms with E-state index in [9.17, 15) is 0 Å². The van der Waals surface area contributed by atoms with Crippen molar-refractivity contribution >= 4 is 28.4 Å². The highest BCUT2D eigenvalue weighted by molar-refractivity contribution is 6.33. The van der Waals surface area contributed by atoms with Crippen LogP contribution in [0.15, 0.2) is 16.7 Å². The van der Waals surface area contributed by atoms with E-state index in [1.54, 1.807) is 0 Å². The average molecular weight is 364 g/mol. The van der Waals surface area contributed by atoms with Crippen LogP contribution in [0.3, 0.4) is 0 Å². The minimum absolute atomic E-state index is 0.0189. The number of nitrogens with zero attached hydrogens (tertiary/aromatic N) is 2. The van der Waals surface area contributed by atoms with E-state index in [1.807, 2.05) is 26.0 Å². The number of nitrogens with one attached hydrogen (secondary N) is 1. The molecule has 0 amide bonds. The molecule has 6 heteroatoms. The SMILES string of the molecule is CC(C)Oc1c(Cl)ccc2c(N[C@H]3C4CCN(CC4)C3(C)C)noc12. The standard InChI is InChI=1S/C19H26ClN3O2/c1-11(2)24-16-14(20)6-5-13-15(16)25-22-18(13)21-17-12-7-9-23(10-8-12)19(17,3)4/h5-6,11-12,17H,7-10H2,1-4H3,(H,21,22)/t17-/m0/s1. The van der Waals surface area contributed by atoms with Crippen LogP contribution in [-0.4, -0.2) is 40.8 Å². The Balaban J connectivity index is 1.69. The van der Waals surface area contributed by atoms with E-state index in [2.05, 4.69) is 29.2 Å². The fraction of sp³-hybridized carbons (Fsp3) is 0.632. The minimum atomic E-state index is 0.0189. The van der Waals surface area contributed by atoms with Crippen LogP contribution in [0.25, 0.3) is 11.0 Å². The fourth-order valence-electron chi connectivity index (χ4n) is 4.43. The molecular weight excluding hydrogens is 338 g/mol. The molecule has 25 heavy (non-hydrogen) atoms. The van der Waals surface area contributed by atoms with Gasteiger partial charge in [0.15, 0.2) is 11.6 Å².